The molecule has 210 valence electrons. The molecule has 6 nitrogen and oxygen atoms in total. The van der Waals surface area contributed by atoms with Gasteiger partial charge in [0.2, 0.25) is 5.88 Å². The molecule has 2 aliphatic rings. The van der Waals surface area contributed by atoms with Gasteiger partial charge in [0.25, 0.3) is 10.1 Å². The van der Waals surface area contributed by atoms with Gasteiger partial charge in [-0.1, -0.05) is 80.0 Å². The number of benzene rings is 3. The van der Waals surface area contributed by atoms with E-state index >= 15 is 0 Å². The average Bonchev–Trinajstić information content (AvgIpc) is 3.47. The van der Waals surface area contributed by atoms with Crippen molar-refractivity contribution < 1.29 is 17.7 Å². The highest BCUT2D eigenvalue weighted by atomic mass is 35.5. The van der Waals surface area contributed by atoms with Gasteiger partial charge in [-0.25, -0.2) is 0 Å². The quantitative estimate of drug-likeness (QED) is 0.236. The van der Waals surface area contributed by atoms with Gasteiger partial charge in [-0.15, -0.1) is 0 Å². The van der Waals surface area contributed by atoms with Gasteiger partial charge in [0, 0.05) is 28.6 Å². The first kappa shape index (κ1) is 28.6. The second-order valence-electron chi connectivity index (χ2n) is 9.83. The van der Waals surface area contributed by atoms with Crippen LogP contribution in [0.2, 0.25) is 5.02 Å². The minimum absolute atomic E-state index is 0.260. The molecule has 1 N–H and O–H groups in total. The van der Waals surface area contributed by atoms with Gasteiger partial charge in [0.05, 0.1) is 22.2 Å². The monoisotopic (exact) mass is 596 g/mol. The Kier molecular flexibility index (Phi) is 8.80. The van der Waals surface area contributed by atoms with Gasteiger partial charge in [0.15, 0.2) is 5.75 Å². The lowest BCUT2D eigenvalue weighted by atomic mass is 10.0. The molecule has 3 aromatic rings. The smallest absolute Gasteiger partial charge is 0.264 e. The predicted octanol–water partition coefficient (Wildman–Crippen LogP) is 8.36. The van der Waals surface area contributed by atoms with Crippen molar-refractivity contribution in [3.05, 3.63) is 94.3 Å². The Morgan fingerprint density at radius 1 is 0.950 bits per heavy atom. The van der Waals surface area contributed by atoms with Crippen LogP contribution in [-0.4, -0.2) is 31.8 Å². The van der Waals surface area contributed by atoms with Crippen molar-refractivity contribution in [2.75, 3.05) is 28.6 Å². The maximum absolute atomic E-state index is 11.5. The van der Waals surface area contributed by atoms with Crippen molar-refractivity contribution in [2.24, 2.45) is 0 Å². The minimum Gasteiger partial charge on any atom is -0.438 e. The Morgan fingerprint density at radius 2 is 1.73 bits per heavy atom. The van der Waals surface area contributed by atoms with Gasteiger partial charge in [-0.05, 0) is 66.8 Å². The van der Waals surface area contributed by atoms with Gasteiger partial charge in [-0.3, -0.25) is 4.55 Å². The molecule has 2 aliphatic heterocycles. The molecule has 9 heteroatoms. The summed E-state index contributed by atoms with van der Waals surface area (Å²) in [6.45, 7) is 5.55. The number of halogens is 1. The summed E-state index contributed by atoms with van der Waals surface area (Å²) in [5.74, 6) is 1.10. The second kappa shape index (κ2) is 12.3. The second-order valence-corrected chi connectivity index (χ2v) is 12.9. The molecule has 2 heterocycles. The third-order valence-corrected chi connectivity index (χ3v) is 9.13. The van der Waals surface area contributed by atoms with E-state index in [-0.39, 0.29) is 12.2 Å². The first-order valence-corrected chi connectivity index (χ1v) is 16.4. The topological polar surface area (TPSA) is 70.1 Å². The lowest BCUT2D eigenvalue weighted by molar-refractivity contribution is 0.430. The van der Waals surface area contributed by atoms with Gasteiger partial charge >= 0.3 is 0 Å². The standard InChI is InChI=1S/C31H33ClN2O4S2/c1-3-5-16-33-27-21-25(32)13-15-29(27)39-30(33)20-22(4-2)31-34(17-9-18-40(35,36)37)26-19-24(12-14-28(26)38-31)23-10-7-6-8-11-23/h6-8,10-15,19-21H,3-5,9,16-18H2,1-2H3,(H,35,36,37). The number of unbranched alkanes of at least 4 members (excludes halogenated alkanes) is 1. The number of nitrogens with zero attached hydrogens (tertiary/aromatic N) is 2. The fourth-order valence-corrected chi connectivity index (χ4v) is 6.75. The summed E-state index contributed by atoms with van der Waals surface area (Å²) in [5.41, 5.74) is 5.14. The highest BCUT2D eigenvalue weighted by Gasteiger charge is 2.31. The van der Waals surface area contributed by atoms with Crippen LogP contribution >= 0.6 is 23.4 Å². The molecular formula is C31H33ClN2O4S2. The average molecular weight is 597 g/mol. The van der Waals surface area contributed by atoms with Crippen molar-refractivity contribution >= 4 is 44.9 Å². The summed E-state index contributed by atoms with van der Waals surface area (Å²) in [7, 11) is -4.07. The zero-order chi connectivity index (χ0) is 28.3. The number of fused-ring (bicyclic) bond motifs is 2. The van der Waals surface area contributed by atoms with Crippen LogP contribution in [0.25, 0.3) is 11.1 Å². The fraction of sp³-hybridized carbons (Fsp3) is 0.290. The largest absolute Gasteiger partial charge is 0.438 e. The van der Waals surface area contributed by atoms with Crippen molar-refractivity contribution in [3.63, 3.8) is 0 Å². The van der Waals surface area contributed by atoms with E-state index in [0.29, 0.717) is 23.9 Å². The number of thioether (sulfide) groups is 1. The third kappa shape index (κ3) is 6.36. The molecule has 0 aromatic heterocycles. The molecule has 0 amide bonds. The van der Waals surface area contributed by atoms with Crippen LogP contribution in [-0.2, 0) is 10.1 Å². The molecule has 0 saturated carbocycles. The summed E-state index contributed by atoms with van der Waals surface area (Å²) >= 11 is 8.08. The van der Waals surface area contributed by atoms with E-state index in [1.54, 1.807) is 11.8 Å². The molecule has 0 saturated heterocycles. The van der Waals surface area contributed by atoms with Crippen molar-refractivity contribution in [1.29, 1.82) is 0 Å². The molecule has 0 spiro atoms. The van der Waals surface area contributed by atoms with Crippen LogP contribution < -0.4 is 14.5 Å². The van der Waals surface area contributed by atoms with E-state index < -0.39 is 10.1 Å². The summed E-state index contributed by atoms with van der Waals surface area (Å²) in [6.07, 6.45) is 5.29. The van der Waals surface area contributed by atoms with Crippen LogP contribution in [0.3, 0.4) is 0 Å². The number of allylic oxidation sites excluding steroid dienone is 2. The Balaban J connectivity index is 1.55. The molecule has 0 bridgehead atoms. The van der Waals surface area contributed by atoms with Crippen LogP contribution in [0.5, 0.6) is 5.75 Å². The van der Waals surface area contributed by atoms with Crippen LogP contribution in [0.4, 0.5) is 11.4 Å². The highest BCUT2D eigenvalue weighted by Crippen LogP contribution is 2.49. The SMILES string of the molecule is CCCCN1C(=CC(CC)=C2Oc3ccc(-c4ccccc4)cc3N2CCCS(=O)(=O)O)Sc2ccc(Cl)cc21. The molecule has 5 rings (SSSR count). The van der Waals surface area contributed by atoms with Gasteiger partial charge in [0.1, 0.15) is 0 Å². The number of rotatable bonds is 10. The zero-order valence-corrected chi connectivity index (χ0v) is 25.0. The molecule has 0 radical (unpaired) electrons. The number of hydrogen-bond acceptors (Lipinski definition) is 6. The van der Waals surface area contributed by atoms with Crippen LogP contribution in [0.1, 0.15) is 39.5 Å². The molecular weight excluding hydrogens is 564 g/mol. The van der Waals surface area contributed by atoms with E-state index in [9.17, 15) is 13.0 Å². The first-order chi connectivity index (χ1) is 19.3. The first-order valence-electron chi connectivity index (χ1n) is 13.6. The van der Waals surface area contributed by atoms with E-state index in [1.807, 2.05) is 47.4 Å². The minimum atomic E-state index is -4.07. The highest BCUT2D eigenvalue weighted by molar-refractivity contribution is 8.03. The maximum atomic E-state index is 11.5. The van der Waals surface area contributed by atoms with E-state index in [0.717, 1.165) is 58.2 Å². The summed E-state index contributed by atoms with van der Waals surface area (Å²) in [5, 5.41) is 1.82. The summed E-state index contributed by atoms with van der Waals surface area (Å²) in [6, 6.07) is 22.2. The zero-order valence-electron chi connectivity index (χ0n) is 22.6. The van der Waals surface area contributed by atoms with Crippen molar-refractivity contribution in [3.8, 4) is 16.9 Å². The molecule has 0 unspecified atom stereocenters. The molecule has 0 atom stereocenters. The van der Waals surface area contributed by atoms with Crippen LogP contribution in [0, 0.1) is 0 Å². The summed E-state index contributed by atoms with van der Waals surface area (Å²) < 4.78 is 38.9. The lowest BCUT2D eigenvalue weighted by Crippen LogP contribution is -2.25. The van der Waals surface area contributed by atoms with Crippen LogP contribution in [0.15, 0.2) is 94.2 Å². The van der Waals surface area contributed by atoms with Gasteiger partial charge < -0.3 is 14.5 Å². The molecule has 40 heavy (non-hydrogen) atoms. The summed E-state index contributed by atoms with van der Waals surface area (Å²) in [4.78, 5) is 5.53. The van der Waals surface area contributed by atoms with E-state index in [2.05, 4.69) is 49.1 Å². The third-order valence-electron chi connectivity index (χ3n) is 6.97. The van der Waals surface area contributed by atoms with Gasteiger partial charge in [-0.2, -0.15) is 8.42 Å². The predicted molar refractivity (Wildman–Crippen MR) is 166 cm³/mol. The Hall–Kier alpha value is -2.91. The Morgan fingerprint density at radius 3 is 2.45 bits per heavy atom. The Bertz CT molecular complexity index is 1550. The van der Waals surface area contributed by atoms with Crippen molar-refractivity contribution in [2.45, 2.75) is 44.4 Å². The molecule has 0 aliphatic carbocycles. The maximum Gasteiger partial charge on any atom is 0.264 e. The Labute approximate surface area is 246 Å². The fourth-order valence-electron chi connectivity index (χ4n) is 4.95. The number of hydrogen-bond donors (Lipinski definition) is 1. The lowest BCUT2D eigenvalue weighted by Gasteiger charge is -2.23. The van der Waals surface area contributed by atoms with Crippen molar-refractivity contribution in [1.82, 2.24) is 0 Å². The normalized spacial score (nSPS) is 16.8. The van der Waals surface area contributed by atoms with E-state index in [1.165, 1.54) is 4.90 Å². The number of ether oxygens (including phenoxy) is 1. The van der Waals surface area contributed by atoms with E-state index in [4.69, 9.17) is 16.3 Å². The molecule has 0 fully saturated rings. The number of anilines is 2. The molecule has 3 aromatic carbocycles.